The second-order valence-electron chi connectivity index (χ2n) is 5.17. The number of carbonyl (C=O) groups is 2. The first-order valence-corrected chi connectivity index (χ1v) is 6.77. The average molecular weight is 284 g/mol. The minimum Gasteiger partial charge on any atom is -0.465 e. The maximum atomic E-state index is 12.1. The van der Waals surface area contributed by atoms with Crippen molar-refractivity contribution in [3.8, 4) is 0 Å². The molecule has 1 aliphatic rings. The number of fused-ring (bicyclic) bond motifs is 1. The Kier molecular flexibility index (Phi) is 3.25. The van der Waals surface area contributed by atoms with Crippen molar-refractivity contribution in [1.82, 2.24) is 5.32 Å². The number of nitrogens with one attached hydrogen (secondary N) is 1. The number of likely N-dealkylation sites (N-methyl/N-ethyl adjacent to an activating group) is 1. The molecule has 0 unspecified atom stereocenters. The van der Waals surface area contributed by atoms with E-state index in [0.717, 1.165) is 22.8 Å². The van der Waals surface area contributed by atoms with Crippen molar-refractivity contribution in [3.63, 3.8) is 0 Å². The first kappa shape index (κ1) is 13.4. The van der Waals surface area contributed by atoms with Crippen LogP contribution in [-0.4, -0.2) is 18.9 Å². The van der Waals surface area contributed by atoms with Gasteiger partial charge in [-0.25, -0.2) is 0 Å². The highest BCUT2D eigenvalue weighted by molar-refractivity contribution is 6.03. The van der Waals surface area contributed by atoms with Gasteiger partial charge in [0.2, 0.25) is 5.91 Å². The number of rotatable bonds is 3. The molecule has 0 fully saturated rings. The zero-order valence-corrected chi connectivity index (χ0v) is 12.0. The SMILES string of the molecule is Cc1ccc(CNC(=O)c2ccc3c(c2)CC(=O)N3C)o1. The van der Waals surface area contributed by atoms with Gasteiger partial charge in [0.25, 0.3) is 5.91 Å². The normalized spacial score (nSPS) is 13.4. The van der Waals surface area contributed by atoms with Crippen molar-refractivity contribution < 1.29 is 14.0 Å². The highest BCUT2D eigenvalue weighted by Gasteiger charge is 2.24. The van der Waals surface area contributed by atoms with Gasteiger partial charge in [-0.3, -0.25) is 9.59 Å². The molecule has 0 spiro atoms. The number of hydrogen-bond donors (Lipinski definition) is 1. The summed E-state index contributed by atoms with van der Waals surface area (Å²) in [5, 5.41) is 2.81. The van der Waals surface area contributed by atoms with Crippen molar-refractivity contribution in [2.24, 2.45) is 0 Å². The monoisotopic (exact) mass is 284 g/mol. The summed E-state index contributed by atoms with van der Waals surface area (Å²) in [7, 11) is 1.74. The van der Waals surface area contributed by atoms with Gasteiger partial charge in [0, 0.05) is 18.3 Å². The van der Waals surface area contributed by atoms with E-state index in [0.29, 0.717) is 18.5 Å². The van der Waals surface area contributed by atoms with E-state index in [9.17, 15) is 9.59 Å². The van der Waals surface area contributed by atoms with Crippen LogP contribution >= 0.6 is 0 Å². The summed E-state index contributed by atoms with van der Waals surface area (Å²) in [5.74, 6) is 1.41. The number of aryl methyl sites for hydroxylation is 1. The Hall–Kier alpha value is -2.56. The maximum Gasteiger partial charge on any atom is 0.251 e. The lowest BCUT2D eigenvalue weighted by Crippen LogP contribution is -2.22. The minimum atomic E-state index is -0.172. The molecule has 1 aromatic carbocycles. The zero-order chi connectivity index (χ0) is 15.0. The molecule has 0 radical (unpaired) electrons. The number of anilines is 1. The molecule has 1 aromatic heterocycles. The Morgan fingerprint density at radius 3 is 2.86 bits per heavy atom. The molecule has 1 N–H and O–H groups in total. The second-order valence-corrected chi connectivity index (χ2v) is 5.17. The topological polar surface area (TPSA) is 62.6 Å². The second kappa shape index (κ2) is 5.09. The molecule has 2 aromatic rings. The highest BCUT2D eigenvalue weighted by atomic mass is 16.3. The molecule has 5 nitrogen and oxygen atoms in total. The number of carbonyl (C=O) groups excluding carboxylic acids is 2. The lowest BCUT2D eigenvalue weighted by molar-refractivity contribution is -0.117. The summed E-state index contributed by atoms with van der Waals surface area (Å²) in [5.41, 5.74) is 2.32. The largest absolute Gasteiger partial charge is 0.465 e. The van der Waals surface area contributed by atoms with Gasteiger partial charge in [0.15, 0.2) is 0 Å². The smallest absolute Gasteiger partial charge is 0.251 e. The van der Waals surface area contributed by atoms with Gasteiger partial charge in [-0.2, -0.15) is 0 Å². The summed E-state index contributed by atoms with van der Waals surface area (Å²) >= 11 is 0. The Morgan fingerprint density at radius 2 is 2.14 bits per heavy atom. The first-order valence-electron chi connectivity index (χ1n) is 6.77. The molecule has 0 aliphatic carbocycles. The molecule has 0 saturated heterocycles. The van der Waals surface area contributed by atoms with Crippen molar-refractivity contribution >= 4 is 17.5 Å². The van der Waals surface area contributed by atoms with Crippen LogP contribution in [0.4, 0.5) is 5.69 Å². The molecule has 0 bridgehead atoms. The average Bonchev–Trinajstić information content (AvgIpc) is 3.00. The fraction of sp³-hybridized carbons (Fsp3) is 0.250. The number of furan rings is 1. The third-order valence-electron chi connectivity index (χ3n) is 3.64. The van der Waals surface area contributed by atoms with Crippen molar-refractivity contribution in [3.05, 3.63) is 53.0 Å². The third kappa shape index (κ3) is 2.54. The van der Waals surface area contributed by atoms with Crippen LogP contribution < -0.4 is 10.2 Å². The highest BCUT2D eigenvalue weighted by Crippen LogP contribution is 2.28. The van der Waals surface area contributed by atoms with Crippen LogP contribution in [0.15, 0.2) is 34.7 Å². The third-order valence-corrected chi connectivity index (χ3v) is 3.64. The predicted molar refractivity (Wildman–Crippen MR) is 78.2 cm³/mol. The van der Waals surface area contributed by atoms with Crippen LogP contribution in [0.3, 0.4) is 0 Å². The first-order chi connectivity index (χ1) is 10.0. The zero-order valence-electron chi connectivity index (χ0n) is 12.0. The Bertz CT molecular complexity index is 718. The maximum absolute atomic E-state index is 12.1. The molecule has 0 atom stereocenters. The lowest BCUT2D eigenvalue weighted by Gasteiger charge is -2.10. The molecular formula is C16H16N2O3. The fourth-order valence-corrected chi connectivity index (χ4v) is 2.46. The molecule has 5 heteroatoms. The van der Waals surface area contributed by atoms with Crippen molar-refractivity contribution in [1.29, 1.82) is 0 Å². The number of amides is 2. The van der Waals surface area contributed by atoms with Crippen LogP contribution in [0, 0.1) is 6.92 Å². The van der Waals surface area contributed by atoms with Gasteiger partial charge in [-0.1, -0.05) is 0 Å². The van der Waals surface area contributed by atoms with Gasteiger partial charge in [-0.05, 0) is 42.8 Å². The van der Waals surface area contributed by atoms with E-state index < -0.39 is 0 Å². The fourth-order valence-electron chi connectivity index (χ4n) is 2.46. The van der Waals surface area contributed by atoms with E-state index in [2.05, 4.69) is 5.32 Å². The Morgan fingerprint density at radius 1 is 1.33 bits per heavy atom. The van der Waals surface area contributed by atoms with Gasteiger partial charge in [0.1, 0.15) is 11.5 Å². The molecule has 2 heterocycles. The quantitative estimate of drug-likeness (QED) is 0.938. The van der Waals surface area contributed by atoms with Gasteiger partial charge in [0.05, 0.1) is 13.0 Å². The van der Waals surface area contributed by atoms with E-state index in [1.807, 2.05) is 25.1 Å². The van der Waals surface area contributed by atoms with Crippen molar-refractivity contribution in [2.75, 3.05) is 11.9 Å². The van der Waals surface area contributed by atoms with E-state index in [-0.39, 0.29) is 11.8 Å². The number of hydrogen-bond acceptors (Lipinski definition) is 3. The van der Waals surface area contributed by atoms with Crippen LogP contribution in [0.1, 0.15) is 27.4 Å². The molecule has 1 aliphatic heterocycles. The van der Waals surface area contributed by atoms with E-state index in [4.69, 9.17) is 4.42 Å². The van der Waals surface area contributed by atoms with E-state index in [1.54, 1.807) is 24.1 Å². The minimum absolute atomic E-state index is 0.0496. The van der Waals surface area contributed by atoms with Crippen LogP contribution in [0.25, 0.3) is 0 Å². The summed E-state index contributed by atoms with van der Waals surface area (Å²) in [6.07, 6.45) is 0.352. The van der Waals surface area contributed by atoms with Gasteiger partial charge >= 0.3 is 0 Å². The molecule has 108 valence electrons. The number of benzene rings is 1. The molecular weight excluding hydrogens is 268 g/mol. The van der Waals surface area contributed by atoms with Crippen molar-refractivity contribution in [2.45, 2.75) is 19.9 Å². The molecule has 21 heavy (non-hydrogen) atoms. The summed E-state index contributed by atoms with van der Waals surface area (Å²) in [4.78, 5) is 25.4. The van der Waals surface area contributed by atoms with Gasteiger partial charge < -0.3 is 14.6 Å². The standard InChI is InChI=1S/C16H16N2O3/c1-10-3-5-13(21-10)9-17-16(20)11-4-6-14-12(7-11)8-15(19)18(14)2/h3-7H,8-9H2,1-2H3,(H,17,20). The van der Waals surface area contributed by atoms with Gasteiger partial charge in [-0.15, -0.1) is 0 Å². The van der Waals surface area contributed by atoms with Crippen LogP contribution in [-0.2, 0) is 17.8 Å². The molecule has 2 amide bonds. The lowest BCUT2D eigenvalue weighted by atomic mass is 10.1. The predicted octanol–water partition coefficient (Wildman–Crippen LogP) is 2.04. The van der Waals surface area contributed by atoms with Crippen LogP contribution in [0.5, 0.6) is 0 Å². The van der Waals surface area contributed by atoms with Crippen LogP contribution in [0.2, 0.25) is 0 Å². The molecule has 3 rings (SSSR count). The summed E-state index contributed by atoms with van der Waals surface area (Å²) in [6, 6.07) is 9.02. The Balaban J connectivity index is 1.71. The summed E-state index contributed by atoms with van der Waals surface area (Å²) < 4.78 is 5.41. The number of nitrogens with zero attached hydrogens (tertiary/aromatic N) is 1. The Labute approximate surface area is 122 Å². The van der Waals surface area contributed by atoms with E-state index >= 15 is 0 Å². The van der Waals surface area contributed by atoms with E-state index in [1.165, 1.54) is 0 Å². The molecule has 0 saturated carbocycles. The summed E-state index contributed by atoms with van der Waals surface area (Å²) in [6.45, 7) is 2.21.